The Kier molecular flexibility index (Phi) is 2.49. The molecule has 0 heterocycles. The molecule has 1 aliphatic rings. The van der Waals surface area contributed by atoms with Gasteiger partial charge in [-0.2, -0.15) is 0 Å². The number of carbonyl (C=O) groups excluding carboxylic acids is 1. The number of amides is 1. The van der Waals surface area contributed by atoms with Crippen LogP contribution in [0.15, 0.2) is 24.3 Å². The predicted octanol–water partition coefficient (Wildman–Crippen LogP) is 0.923. The first-order valence-electron chi connectivity index (χ1n) is 5.23. The lowest BCUT2D eigenvalue weighted by Gasteiger charge is -2.28. The monoisotopic (exact) mass is 204 g/mol. The van der Waals surface area contributed by atoms with Gasteiger partial charge in [-0.1, -0.05) is 24.3 Å². The van der Waals surface area contributed by atoms with E-state index in [0.29, 0.717) is 6.42 Å². The minimum absolute atomic E-state index is 0.234. The van der Waals surface area contributed by atoms with Gasteiger partial charge in [-0.15, -0.1) is 0 Å². The van der Waals surface area contributed by atoms with Gasteiger partial charge in [0, 0.05) is 6.42 Å². The lowest BCUT2D eigenvalue weighted by atomic mass is 9.88. The van der Waals surface area contributed by atoms with Gasteiger partial charge >= 0.3 is 0 Å². The Morgan fingerprint density at radius 2 is 2.27 bits per heavy atom. The van der Waals surface area contributed by atoms with Crippen molar-refractivity contribution in [1.29, 1.82) is 0 Å². The number of hydrogen-bond acceptors (Lipinski definition) is 2. The van der Waals surface area contributed by atoms with Gasteiger partial charge in [0.05, 0.1) is 5.54 Å². The molecule has 1 amide bonds. The van der Waals surface area contributed by atoms with Crippen molar-refractivity contribution >= 4 is 5.91 Å². The zero-order valence-electron chi connectivity index (χ0n) is 8.92. The molecule has 0 saturated carbocycles. The summed E-state index contributed by atoms with van der Waals surface area (Å²) in [5.41, 5.74) is 7.63. The quantitative estimate of drug-likeness (QED) is 0.769. The summed E-state index contributed by atoms with van der Waals surface area (Å²) < 4.78 is 0. The maximum Gasteiger partial charge on any atom is 0.219 e. The Labute approximate surface area is 89.7 Å². The number of fused-ring (bicyclic) bond motifs is 1. The summed E-state index contributed by atoms with van der Waals surface area (Å²) >= 11 is 0. The number of rotatable bonds is 3. The van der Waals surface area contributed by atoms with E-state index in [0.717, 1.165) is 12.8 Å². The predicted molar refractivity (Wildman–Crippen MR) is 59.3 cm³/mol. The SMILES string of the molecule is CNC1(CC(N)=O)CCc2ccccc21. The summed E-state index contributed by atoms with van der Waals surface area (Å²) in [7, 11) is 1.89. The number of primary amides is 1. The summed E-state index contributed by atoms with van der Waals surface area (Å²) in [5.74, 6) is -0.249. The molecule has 1 aromatic carbocycles. The summed E-state index contributed by atoms with van der Waals surface area (Å²) in [4.78, 5) is 11.1. The number of nitrogens with two attached hydrogens (primary N) is 1. The summed E-state index contributed by atoms with van der Waals surface area (Å²) in [6.07, 6.45) is 2.34. The third-order valence-corrected chi connectivity index (χ3v) is 3.31. The molecule has 0 bridgehead atoms. The van der Waals surface area contributed by atoms with Gasteiger partial charge in [0.2, 0.25) is 5.91 Å². The van der Waals surface area contributed by atoms with E-state index in [1.807, 2.05) is 19.2 Å². The minimum atomic E-state index is -0.249. The molecule has 0 spiro atoms. The first-order valence-corrected chi connectivity index (χ1v) is 5.23. The highest BCUT2D eigenvalue weighted by Gasteiger charge is 2.38. The molecule has 3 heteroatoms. The molecule has 0 saturated heterocycles. The van der Waals surface area contributed by atoms with Crippen LogP contribution in [0.4, 0.5) is 0 Å². The fourth-order valence-corrected chi connectivity index (χ4v) is 2.52. The van der Waals surface area contributed by atoms with Crippen molar-refractivity contribution in [3.8, 4) is 0 Å². The van der Waals surface area contributed by atoms with Gasteiger partial charge in [0.1, 0.15) is 0 Å². The molecular weight excluding hydrogens is 188 g/mol. The van der Waals surface area contributed by atoms with Gasteiger partial charge in [-0.05, 0) is 31.0 Å². The van der Waals surface area contributed by atoms with Crippen molar-refractivity contribution in [3.63, 3.8) is 0 Å². The Bertz CT molecular complexity index is 389. The van der Waals surface area contributed by atoms with Crippen LogP contribution in [0.5, 0.6) is 0 Å². The van der Waals surface area contributed by atoms with Crippen LogP contribution in [0.3, 0.4) is 0 Å². The number of carbonyl (C=O) groups is 1. The Morgan fingerprint density at radius 3 is 2.93 bits per heavy atom. The lowest BCUT2D eigenvalue weighted by molar-refractivity contribution is -0.119. The fraction of sp³-hybridized carbons (Fsp3) is 0.417. The average Bonchev–Trinajstić information content (AvgIpc) is 2.58. The Hall–Kier alpha value is -1.35. The van der Waals surface area contributed by atoms with Crippen LogP contribution in [0.2, 0.25) is 0 Å². The van der Waals surface area contributed by atoms with Crippen LogP contribution < -0.4 is 11.1 Å². The summed E-state index contributed by atoms with van der Waals surface area (Å²) in [6.45, 7) is 0. The van der Waals surface area contributed by atoms with Crippen LogP contribution in [-0.4, -0.2) is 13.0 Å². The van der Waals surface area contributed by atoms with Gasteiger partial charge < -0.3 is 11.1 Å². The standard InChI is InChI=1S/C12H16N2O/c1-14-12(8-11(13)15)7-6-9-4-2-3-5-10(9)12/h2-5,14H,6-8H2,1H3,(H2,13,15). The first-order chi connectivity index (χ1) is 7.18. The highest BCUT2D eigenvalue weighted by molar-refractivity contribution is 5.76. The normalized spacial score (nSPS) is 23.8. The number of nitrogens with one attached hydrogen (secondary N) is 1. The third-order valence-electron chi connectivity index (χ3n) is 3.31. The number of aryl methyl sites for hydroxylation is 1. The van der Waals surface area contributed by atoms with Gasteiger partial charge in [-0.25, -0.2) is 0 Å². The van der Waals surface area contributed by atoms with E-state index in [4.69, 9.17) is 5.73 Å². The maximum atomic E-state index is 11.1. The third kappa shape index (κ3) is 1.63. The Morgan fingerprint density at radius 1 is 1.53 bits per heavy atom. The summed E-state index contributed by atoms with van der Waals surface area (Å²) in [6, 6.07) is 8.25. The molecule has 3 nitrogen and oxygen atoms in total. The van der Waals surface area contributed by atoms with E-state index < -0.39 is 0 Å². The number of benzene rings is 1. The van der Waals surface area contributed by atoms with E-state index >= 15 is 0 Å². The molecular formula is C12H16N2O. The molecule has 1 aliphatic carbocycles. The van der Waals surface area contributed by atoms with Gasteiger partial charge in [-0.3, -0.25) is 4.79 Å². The average molecular weight is 204 g/mol. The second-order valence-corrected chi connectivity index (χ2v) is 4.13. The highest BCUT2D eigenvalue weighted by atomic mass is 16.1. The van der Waals surface area contributed by atoms with E-state index in [1.165, 1.54) is 11.1 Å². The van der Waals surface area contributed by atoms with Gasteiger partial charge in [0.15, 0.2) is 0 Å². The molecule has 3 N–H and O–H groups in total. The highest BCUT2D eigenvalue weighted by Crippen LogP contribution is 2.38. The molecule has 80 valence electrons. The van der Waals surface area contributed by atoms with Crippen molar-refractivity contribution in [2.24, 2.45) is 5.73 Å². The zero-order valence-corrected chi connectivity index (χ0v) is 8.92. The Balaban J connectivity index is 2.41. The van der Waals surface area contributed by atoms with Crippen molar-refractivity contribution in [1.82, 2.24) is 5.32 Å². The maximum absolute atomic E-state index is 11.1. The topological polar surface area (TPSA) is 55.1 Å². The van der Waals surface area contributed by atoms with E-state index in [2.05, 4.69) is 17.4 Å². The van der Waals surface area contributed by atoms with Crippen LogP contribution in [0.25, 0.3) is 0 Å². The van der Waals surface area contributed by atoms with E-state index in [1.54, 1.807) is 0 Å². The van der Waals surface area contributed by atoms with Crippen molar-refractivity contribution < 1.29 is 4.79 Å². The minimum Gasteiger partial charge on any atom is -0.370 e. The zero-order chi connectivity index (χ0) is 10.9. The molecule has 1 unspecified atom stereocenters. The molecule has 1 aromatic rings. The van der Waals surface area contributed by atoms with Crippen molar-refractivity contribution in [2.45, 2.75) is 24.8 Å². The van der Waals surface area contributed by atoms with Crippen molar-refractivity contribution in [2.75, 3.05) is 7.05 Å². The largest absolute Gasteiger partial charge is 0.370 e. The van der Waals surface area contributed by atoms with Gasteiger partial charge in [0.25, 0.3) is 0 Å². The molecule has 0 aromatic heterocycles. The molecule has 15 heavy (non-hydrogen) atoms. The van der Waals surface area contributed by atoms with Crippen LogP contribution in [0.1, 0.15) is 24.0 Å². The lowest BCUT2D eigenvalue weighted by Crippen LogP contribution is -2.41. The second kappa shape index (κ2) is 3.66. The molecule has 1 atom stereocenters. The second-order valence-electron chi connectivity index (χ2n) is 4.13. The molecule has 0 fully saturated rings. The smallest absolute Gasteiger partial charge is 0.219 e. The van der Waals surface area contributed by atoms with Crippen LogP contribution in [-0.2, 0) is 16.8 Å². The molecule has 0 aliphatic heterocycles. The molecule has 2 rings (SSSR count). The first kappa shape index (κ1) is 10.2. The summed E-state index contributed by atoms with van der Waals surface area (Å²) in [5, 5.41) is 3.26. The number of hydrogen-bond donors (Lipinski definition) is 2. The van der Waals surface area contributed by atoms with Crippen LogP contribution >= 0.6 is 0 Å². The van der Waals surface area contributed by atoms with Crippen molar-refractivity contribution in [3.05, 3.63) is 35.4 Å². The fourth-order valence-electron chi connectivity index (χ4n) is 2.52. The van der Waals surface area contributed by atoms with Crippen LogP contribution in [0, 0.1) is 0 Å². The van der Waals surface area contributed by atoms with E-state index in [-0.39, 0.29) is 11.4 Å². The molecule has 0 radical (unpaired) electrons. The van der Waals surface area contributed by atoms with E-state index in [9.17, 15) is 4.79 Å².